The lowest BCUT2D eigenvalue weighted by atomic mass is 9.90. The van der Waals surface area contributed by atoms with Crippen molar-refractivity contribution >= 4 is 10.2 Å². The molecule has 0 aromatic carbocycles. The van der Waals surface area contributed by atoms with Gasteiger partial charge in [0.25, 0.3) is 10.2 Å². The Morgan fingerprint density at radius 3 is 2.43 bits per heavy atom. The summed E-state index contributed by atoms with van der Waals surface area (Å²) in [6.07, 6.45) is 1.61. The predicted molar refractivity (Wildman–Crippen MR) is 87.6 cm³/mol. The molecule has 0 bridgehead atoms. The third kappa shape index (κ3) is 10.2. The molecule has 0 amide bonds. The van der Waals surface area contributed by atoms with Gasteiger partial charge in [0, 0.05) is 39.9 Å². The van der Waals surface area contributed by atoms with E-state index >= 15 is 0 Å². The lowest BCUT2D eigenvalue weighted by Crippen LogP contribution is -2.43. The van der Waals surface area contributed by atoms with Gasteiger partial charge < -0.3 is 10.1 Å². The van der Waals surface area contributed by atoms with Crippen LogP contribution in [0.2, 0.25) is 0 Å². The van der Waals surface area contributed by atoms with E-state index in [4.69, 9.17) is 4.74 Å². The number of nitrogens with one attached hydrogen (secondary N) is 2. The van der Waals surface area contributed by atoms with Crippen LogP contribution in [0.1, 0.15) is 40.5 Å². The zero-order valence-electron chi connectivity index (χ0n) is 14.4. The second kappa shape index (κ2) is 9.74. The summed E-state index contributed by atoms with van der Waals surface area (Å²) in [7, 11) is -0.142. The van der Waals surface area contributed by atoms with Crippen LogP contribution in [0.4, 0.5) is 0 Å². The molecule has 0 fully saturated rings. The highest BCUT2D eigenvalue weighted by atomic mass is 32.2. The van der Waals surface area contributed by atoms with Gasteiger partial charge in [-0.25, -0.2) is 4.72 Å². The van der Waals surface area contributed by atoms with Gasteiger partial charge in [-0.05, 0) is 24.8 Å². The number of ether oxygens (including phenoxy) is 1. The highest BCUT2D eigenvalue weighted by Crippen LogP contribution is 2.19. The van der Waals surface area contributed by atoms with Crippen LogP contribution < -0.4 is 10.0 Å². The molecule has 0 atom stereocenters. The van der Waals surface area contributed by atoms with Gasteiger partial charge in [-0.2, -0.15) is 12.7 Å². The van der Waals surface area contributed by atoms with Crippen LogP contribution in [0, 0.1) is 5.41 Å². The Labute approximate surface area is 130 Å². The summed E-state index contributed by atoms with van der Waals surface area (Å²) >= 11 is 0. The molecule has 0 saturated carbocycles. The molecule has 0 rings (SSSR count). The molecule has 6 nitrogen and oxygen atoms in total. The largest absolute Gasteiger partial charge is 0.385 e. The lowest BCUT2D eigenvalue weighted by Gasteiger charge is -2.26. The minimum absolute atomic E-state index is 0.122. The average Bonchev–Trinajstić information content (AvgIpc) is 2.39. The monoisotopic (exact) mass is 323 g/mol. The lowest BCUT2D eigenvalue weighted by molar-refractivity contribution is 0.153. The van der Waals surface area contributed by atoms with Gasteiger partial charge in [0.2, 0.25) is 0 Å². The van der Waals surface area contributed by atoms with E-state index in [2.05, 4.69) is 23.9 Å². The maximum absolute atomic E-state index is 12.1. The van der Waals surface area contributed by atoms with Crippen molar-refractivity contribution in [3.05, 3.63) is 0 Å². The molecule has 0 unspecified atom stereocenters. The van der Waals surface area contributed by atoms with Crippen LogP contribution in [0.3, 0.4) is 0 Å². The number of methoxy groups -OCH3 is 1. The molecule has 0 spiro atoms. The summed E-state index contributed by atoms with van der Waals surface area (Å²) in [4.78, 5) is 0. The van der Waals surface area contributed by atoms with Gasteiger partial charge in [0.05, 0.1) is 0 Å². The van der Waals surface area contributed by atoms with E-state index in [9.17, 15) is 8.42 Å². The van der Waals surface area contributed by atoms with Crippen molar-refractivity contribution in [1.29, 1.82) is 0 Å². The fraction of sp³-hybridized carbons (Fsp3) is 1.00. The second-order valence-corrected chi connectivity index (χ2v) is 8.38. The molecule has 0 aromatic rings. The van der Waals surface area contributed by atoms with Gasteiger partial charge in [-0.3, -0.25) is 0 Å². The van der Waals surface area contributed by atoms with E-state index in [1.807, 2.05) is 13.8 Å². The maximum atomic E-state index is 12.1. The van der Waals surface area contributed by atoms with Crippen molar-refractivity contribution in [3.63, 3.8) is 0 Å². The average molecular weight is 324 g/mol. The summed E-state index contributed by atoms with van der Waals surface area (Å²) in [5.41, 5.74) is -0.122. The summed E-state index contributed by atoms with van der Waals surface area (Å²) in [5, 5.41) is 3.28. The molecular weight excluding hydrogens is 290 g/mol. The third-order valence-electron chi connectivity index (χ3n) is 3.33. The first kappa shape index (κ1) is 20.8. The van der Waals surface area contributed by atoms with Gasteiger partial charge in [-0.15, -0.1) is 0 Å². The summed E-state index contributed by atoms with van der Waals surface area (Å²) in [6, 6.07) is 0.423. The molecule has 0 heterocycles. The summed E-state index contributed by atoms with van der Waals surface area (Å²) in [5.74, 6) is 0. The molecule has 0 aromatic heterocycles. The van der Waals surface area contributed by atoms with Crippen LogP contribution in [-0.2, 0) is 14.9 Å². The smallest absolute Gasteiger partial charge is 0.279 e. The van der Waals surface area contributed by atoms with Crippen molar-refractivity contribution in [2.24, 2.45) is 5.41 Å². The van der Waals surface area contributed by atoms with Crippen molar-refractivity contribution in [1.82, 2.24) is 14.3 Å². The van der Waals surface area contributed by atoms with Crippen LogP contribution in [0.5, 0.6) is 0 Å². The molecule has 128 valence electrons. The predicted octanol–water partition coefficient (Wildman–Crippen LogP) is 1.20. The number of hydrogen-bond donors (Lipinski definition) is 2. The molecule has 7 heteroatoms. The van der Waals surface area contributed by atoms with Crippen molar-refractivity contribution in [2.75, 3.05) is 40.4 Å². The fourth-order valence-corrected chi connectivity index (χ4v) is 2.84. The van der Waals surface area contributed by atoms with Crippen LogP contribution in [-0.4, -0.2) is 59.2 Å². The van der Waals surface area contributed by atoms with Gasteiger partial charge in [-0.1, -0.05) is 27.7 Å². The molecule has 21 heavy (non-hydrogen) atoms. The quantitative estimate of drug-likeness (QED) is 0.530. The molecule has 0 aliphatic carbocycles. The molecule has 0 aliphatic rings. The molecular formula is C14H33N3O3S. The highest BCUT2D eigenvalue weighted by molar-refractivity contribution is 7.87. The van der Waals surface area contributed by atoms with E-state index in [-0.39, 0.29) is 5.41 Å². The van der Waals surface area contributed by atoms with E-state index < -0.39 is 10.2 Å². The number of hydrogen-bond acceptors (Lipinski definition) is 4. The molecule has 0 radical (unpaired) electrons. The summed E-state index contributed by atoms with van der Waals surface area (Å²) in [6.45, 7) is 10.6. The molecule has 0 aliphatic heterocycles. The topological polar surface area (TPSA) is 70.7 Å². The Morgan fingerprint density at radius 1 is 1.29 bits per heavy atom. The first-order valence-electron chi connectivity index (χ1n) is 7.54. The van der Waals surface area contributed by atoms with E-state index in [1.165, 1.54) is 4.31 Å². The zero-order valence-corrected chi connectivity index (χ0v) is 15.2. The fourth-order valence-electron chi connectivity index (χ4n) is 1.68. The van der Waals surface area contributed by atoms with Gasteiger partial charge >= 0.3 is 0 Å². The normalized spacial score (nSPS) is 13.3. The van der Waals surface area contributed by atoms with Crippen molar-refractivity contribution in [3.8, 4) is 0 Å². The van der Waals surface area contributed by atoms with E-state index in [0.29, 0.717) is 25.7 Å². The van der Waals surface area contributed by atoms with Crippen LogP contribution >= 0.6 is 0 Å². The first-order chi connectivity index (χ1) is 9.60. The number of nitrogens with zero attached hydrogens (tertiary/aromatic N) is 1. The third-order valence-corrected chi connectivity index (χ3v) is 4.84. The Bertz CT molecular complexity index is 370. The maximum Gasteiger partial charge on any atom is 0.279 e. The van der Waals surface area contributed by atoms with E-state index in [0.717, 1.165) is 19.4 Å². The minimum Gasteiger partial charge on any atom is -0.385 e. The van der Waals surface area contributed by atoms with Crippen LogP contribution in [0.15, 0.2) is 0 Å². The molecule has 0 saturated heterocycles. The standard InChI is InChI=1S/C14H33N3O3S/c1-13(2)15-9-7-10-17(5)21(18,19)16-12-14(3,4)8-11-20-6/h13,15-16H,7-12H2,1-6H3. The highest BCUT2D eigenvalue weighted by Gasteiger charge is 2.23. The summed E-state index contributed by atoms with van der Waals surface area (Å²) < 4.78 is 33.4. The Hall–Kier alpha value is -0.210. The van der Waals surface area contributed by atoms with Crippen molar-refractivity contribution < 1.29 is 13.2 Å². The van der Waals surface area contributed by atoms with E-state index in [1.54, 1.807) is 14.2 Å². The zero-order chi connectivity index (χ0) is 16.5. The Balaban J connectivity index is 4.16. The van der Waals surface area contributed by atoms with Crippen molar-refractivity contribution in [2.45, 2.75) is 46.6 Å². The first-order valence-corrected chi connectivity index (χ1v) is 8.98. The van der Waals surface area contributed by atoms with Crippen LogP contribution in [0.25, 0.3) is 0 Å². The Kier molecular flexibility index (Phi) is 9.64. The second-order valence-electron chi connectivity index (χ2n) is 6.52. The minimum atomic E-state index is -3.40. The van der Waals surface area contributed by atoms with Gasteiger partial charge in [0.15, 0.2) is 0 Å². The Morgan fingerprint density at radius 2 is 1.90 bits per heavy atom. The number of rotatable bonds is 12. The molecule has 2 N–H and O–H groups in total. The van der Waals surface area contributed by atoms with Gasteiger partial charge in [0.1, 0.15) is 0 Å². The SMILES string of the molecule is COCCC(C)(C)CNS(=O)(=O)N(C)CCCNC(C)C.